The molecular weight excluding hydrogens is 286 g/mol. The third-order valence-electron chi connectivity index (χ3n) is 5.33. The van der Waals surface area contributed by atoms with Gasteiger partial charge in [-0.05, 0) is 25.2 Å². The molecule has 0 spiro atoms. The molecule has 2 aliphatic heterocycles. The molecule has 0 aromatic carbocycles. The van der Waals surface area contributed by atoms with Crippen LogP contribution in [-0.4, -0.2) is 52.6 Å². The Balaban J connectivity index is 1.52. The maximum atomic E-state index is 4.57. The van der Waals surface area contributed by atoms with E-state index in [9.17, 15) is 0 Å². The van der Waals surface area contributed by atoms with Gasteiger partial charge in [0.2, 0.25) is 0 Å². The molecule has 0 bridgehead atoms. The van der Waals surface area contributed by atoms with Crippen molar-refractivity contribution < 1.29 is 0 Å². The van der Waals surface area contributed by atoms with Crippen LogP contribution in [0.25, 0.3) is 22.2 Å². The Kier molecular flexibility index (Phi) is 2.73. The number of nitrogens with zero attached hydrogens (tertiary/aromatic N) is 4. The first-order valence-corrected chi connectivity index (χ1v) is 8.12. The third kappa shape index (κ3) is 1.96. The van der Waals surface area contributed by atoms with Gasteiger partial charge in [-0.3, -0.25) is 9.97 Å². The van der Waals surface area contributed by atoms with Crippen LogP contribution in [0.1, 0.15) is 0 Å². The number of likely N-dealkylation sites (tertiary alicyclic amines) is 1. The molecule has 3 aromatic heterocycles. The molecule has 1 N–H and O–H groups in total. The van der Waals surface area contributed by atoms with E-state index in [1.807, 2.05) is 30.9 Å². The van der Waals surface area contributed by atoms with Gasteiger partial charge in [-0.25, -0.2) is 0 Å². The van der Waals surface area contributed by atoms with Crippen molar-refractivity contribution in [3.63, 3.8) is 0 Å². The van der Waals surface area contributed by atoms with E-state index < -0.39 is 0 Å². The minimum absolute atomic E-state index is 0.712. The number of rotatable bonds is 2. The fraction of sp³-hybridized carbons (Fsp3) is 0.333. The molecular formula is C18H19N5. The summed E-state index contributed by atoms with van der Waals surface area (Å²) in [6.45, 7) is 3.46. The quantitative estimate of drug-likeness (QED) is 0.790. The summed E-state index contributed by atoms with van der Waals surface area (Å²) < 4.78 is 0. The van der Waals surface area contributed by atoms with Gasteiger partial charge in [0.05, 0.1) is 23.1 Å². The van der Waals surface area contributed by atoms with Gasteiger partial charge in [-0.15, -0.1) is 0 Å². The Bertz CT molecular complexity index is 870. The van der Waals surface area contributed by atoms with Gasteiger partial charge in [0, 0.05) is 61.1 Å². The van der Waals surface area contributed by atoms with Crippen LogP contribution in [0, 0.1) is 5.92 Å². The lowest BCUT2D eigenvalue weighted by Gasteiger charge is -2.40. The number of H-pyrrole nitrogens is 1. The molecule has 0 saturated carbocycles. The van der Waals surface area contributed by atoms with Crippen LogP contribution in [0.3, 0.4) is 0 Å². The van der Waals surface area contributed by atoms with Gasteiger partial charge in [0.1, 0.15) is 0 Å². The largest absolute Gasteiger partial charge is 0.368 e. The molecule has 0 amide bonds. The molecule has 23 heavy (non-hydrogen) atoms. The SMILES string of the molecule is CN1C[C@H]2CN(c3cncc(-c4nccc5cc[nH]c45)c3)C[C@H]21. The Labute approximate surface area is 135 Å². The van der Waals surface area contributed by atoms with Gasteiger partial charge >= 0.3 is 0 Å². The number of fused-ring (bicyclic) bond motifs is 2. The highest BCUT2D eigenvalue weighted by Crippen LogP contribution is 2.35. The first kappa shape index (κ1) is 13.1. The van der Waals surface area contributed by atoms with E-state index in [1.54, 1.807) is 0 Å². The van der Waals surface area contributed by atoms with Crippen LogP contribution in [0.5, 0.6) is 0 Å². The van der Waals surface area contributed by atoms with E-state index in [-0.39, 0.29) is 0 Å². The minimum Gasteiger partial charge on any atom is -0.368 e. The zero-order chi connectivity index (χ0) is 15.4. The maximum Gasteiger partial charge on any atom is 0.0958 e. The van der Waals surface area contributed by atoms with E-state index in [0.717, 1.165) is 35.8 Å². The van der Waals surface area contributed by atoms with Crippen molar-refractivity contribution in [1.29, 1.82) is 0 Å². The van der Waals surface area contributed by atoms with Crippen molar-refractivity contribution in [2.75, 3.05) is 31.6 Å². The molecule has 3 aromatic rings. The Morgan fingerprint density at radius 3 is 3.00 bits per heavy atom. The number of hydrogen-bond acceptors (Lipinski definition) is 4. The number of anilines is 1. The Morgan fingerprint density at radius 1 is 1.17 bits per heavy atom. The standard InChI is InChI=1S/C18H19N5/c1-22-9-14-10-23(11-16(14)22)15-6-13(7-19-8-15)18-17-12(2-4-20-17)3-5-21-18/h2-8,14,16,20H,9-11H2,1H3/t14-,16+/m0/s1. The highest BCUT2D eigenvalue weighted by molar-refractivity contribution is 5.92. The van der Waals surface area contributed by atoms with E-state index in [2.05, 4.69) is 43.9 Å². The van der Waals surface area contributed by atoms with Gasteiger partial charge in [-0.2, -0.15) is 0 Å². The first-order valence-electron chi connectivity index (χ1n) is 8.12. The third-order valence-corrected chi connectivity index (χ3v) is 5.33. The van der Waals surface area contributed by atoms with Crippen molar-refractivity contribution >= 4 is 16.6 Å². The fourth-order valence-corrected chi connectivity index (χ4v) is 4.04. The molecule has 0 unspecified atom stereocenters. The molecule has 2 fully saturated rings. The summed E-state index contributed by atoms with van der Waals surface area (Å²) in [5.41, 5.74) is 4.33. The van der Waals surface area contributed by atoms with Crippen molar-refractivity contribution in [2.45, 2.75) is 6.04 Å². The molecule has 2 aliphatic rings. The summed E-state index contributed by atoms with van der Waals surface area (Å²) in [7, 11) is 2.22. The maximum absolute atomic E-state index is 4.57. The van der Waals surface area contributed by atoms with Crippen LogP contribution in [0.4, 0.5) is 5.69 Å². The van der Waals surface area contributed by atoms with Gasteiger partial charge < -0.3 is 14.8 Å². The Morgan fingerprint density at radius 2 is 2.13 bits per heavy atom. The second-order valence-electron chi connectivity index (χ2n) is 6.71. The molecule has 5 heteroatoms. The summed E-state index contributed by atoms with van der Waals surface area (Å²) in [6, 6.07) is 7.04. The molecule has 0 aliphatic carbocycles. The zero-order valence-corrected chi connectivity index (χ0v) is 13.1. The van der Waals surface area contributed by atoms with Gasteiger partial charge in [0.25, 0.3) is 0 Å². The van der Waals surface area contributed by atoms with E-state index in [1.165, 1.54) is 17.6 Å². The fourth-order valence-electron chi connectivity index (χ4n) is 4.04. The predicted molar refractivity (Wildman–Crippen MR) is 91.4 cm³/mol. The Hall–Kier alpha value is -2.40. The van der Waals surface area contributed by atoms with Crippen molar-refractivity contribution in [3.05, 3.63) is 43.0 Å². The van der Waals surface area contributed by atoms with Gasteiger partial charge in [0.15, 0.2) is 0 Å². The lowest BCUT2D eigenvalue weighted by Crippen LogP contribution is -2.52. The molecule has 116 valence electrons. The zero-order valence-electron chi connectivity index (χ0n) is 13.1. The van der Waals surface area contributed by atoms with E-state index >= 15 is 0 Å². The smallest absolute Gasteiger partial charge is 0.0958 e. The summed E-state index contributed by atoms with van der Waals surface area (Å²) in [4.78, 5) is 17.3. The summed E-state index contributed by atoms with van der Waals surface area (Å²) in [5.74, 6) is 0.814. The average molecular weight is 305 g/mol. The first-order chi connectivity index (χ1) is 11.3. The highest BCUT2D eigenvalue weighted by atomic mass is 15.3. The molecule has 5 rings (SSSR count). The molecule has 2 atom stereocenters. The van der Waals surface area contributed by atoms with Gasteiger partial charge in [-0.1, -0.05) is 0 Å². The van der Waals surface area contributed by atoms with E-state index in [0.29, 0.717) is 6.04 Å². The van der Waals surface area contributed by atoms with Crippen LogP contribution in [-0.2, 0) is 0 Å². The number of aromatic nitrogens is 3. The van der Waals surface area contributed by atoms with Crippen molar-refractivity contribution in [3.8, 4) is 11.3 Å². The van der Waals surface area contributed by atoms with Crippen LogP contribution in [0.2, 0.25) is 0 Å². The second kappa shape index (κ2) is 4.80. The van der Waals surface area contributed by atoms with Crippen LogP contribution in [0.15, 0.2) is 43.0 Å². The second-order valence-corrected chi connectivity index (χ2v) is 6.71. The number of hydrogen-bond donors (Lipinski definition) is 1. The molecule has 2 saturated heterocycles. The predicted octanol–water partition coefficient (Wildman–Crippen LogP) is 2.38. The summed E-state index contributed by atoms with van der Waals surface area (Å²) >= 11 is 0. The summed E-state index contributed by atoms with van der Waals surface area (Å²) in [6.07, 6.45) is 7.70. The van der Waals surface area contributed by atoms with Crippen LogP contribution >= 0.6 is 0 Å². The van der Waals surface area contributed by atoms with E-state index in [4.69, 9.17) is 0 Å². The minimum atomic E-state index is 0.712. The number of nitrogens with one attached hydrogen (secondary N) is 1. The summed E-state index contributed by atoms with van der Waals surface area (Å²) in [5, 5.41) is 1.18. The number of pyridine rings is 2. The lowest BCUT2D eigenvalue weighted by atomic mass is 9.93. The van der Waals surface area contributed by atoms with Crippen LogP contribution < -0.4 is 4.90 Å². The molecule has 0 radical (unpaired) electrons. The molecule has 5 heterocycles. The lowest BCUT2D eigenvalue weighted by molar-refractivity contribution is 0.0827. The van der Waals surface area contributed by atoms with Crippen molar-refractivity contribution in [2.24, 2.45) is 5.92 Å². The number of likely N-dealkylation sites (N-methyl/N-ethyl adjacent to an activating group) is 1. The molecule has 5 nitrogen and oxygen atoms in total. The number of aromatic amines is 1. The average Bonchev–Trinajstić information content (AvgIpc) is 3.18. The normalized spacial score (nSPS) is 24.0. The van der Waals surface area contributed by atoms with Crippen molar-refractivity contribution in [1.82, 2.24) is 19.9 Å². The monoisotopic (exact) mass is 305 g/mol. The highest BCUT2D eigenvalue weighted by Gasteiger charge is 2.43. The topological polar surface area (TPSA) is 48.1 Å².